The molecule has 0 radical (unpaired) electrons. The van der Waals surface area contributed by atoms with Crippen LogP contribution < -0.4 is 10.6 Å². The first-order valence-corrected chi connectivity index (χ1v) is 5.32. The average molecular weight is 277 g/mol. The Morgan fingerprint density at radius 1 is 1.32 bits per heavy atom. The molecule has 1 aromatic rings. The number of likely N-dealkylation sites (N-methyl/N-ethyl adjacent to an activating group) is 1. The Balaban J connectivity index is 2.92. The van der Waals surface area contributed by atoms with Gasteiger partial charge in [0, 0.05) is 27.2 Å². The number of amides is 1. The van der Waals surface area contributed by atoms with E-state index < -0.39 is 12.0 Å². The van der Waals surface area contributed by atoms with E-state index >= 15 is 0 Å². The zero-order valence-electron chi connectivity index (χ0n) is 10.7. The number of alkyl halides is 3. The summed E-state index contributed by atoms with van der Waals surface area (Å²) in [7, 11) is 4.53. The summed E-state index contributed by atoms with van der Waals surface area (Å²) < 4.78 is 37.7. The summed E-state index contributed by atoms with van der Waals surface area (Å²) in [4.78, 5) is 19.3. The molecule has 0 aromatic carbocycles. The predicted octanol–water partition coefficient (Wildman–Crippen LogP) is 1.04. The highest BCUT2D eigenvalue weighted by atomic mass is 19.4. The summed E-state index contributed by atoms with van der Waals surface area (Å²) in [5.74, 6) is -1.60. The molecular formula is C10H14F3N5O. The Kier molecular flexibility index (Phi) is 4.52. The number of carbonyl (C=O) groups excluding carboxylic acids is 1. The van der Waals surface area contributed by atoms with Gasteiger partial charge in [-0.1, -0.05) is 0 Å². The van der Waals surface area contributed by atoms with E-state index in [0.29, 0.717) is 0 Å². The zero-order chi connectivity index (χ0) is 14.6. The number of halogens is 3. The standard InChI is InChI=1S/C10H14F3N5O/c1-14-6-4-7(15-5-8(19)18(2)3)17-9(16-6)10(11,12)13/h4H,5H2,1-3H3,(H2,14,15,16,17). The van der Waals surface area contributed by atoms with E-state index in [1.54, 1.807) is 14.1 Å². The van der Waals surface area contributed by atoms with Gasteiger partial charge in [0.1, 0.15) is 11.6 Å². The topological polar surface area (TPSA) is 70.2 Å². The molecule has 0 aliphatic rings. The van der Waals surface area contributed by atoms with Crippen molar-refractivity contribution in [3.63, 3.8) is 0 Å². The maximum atomic E-state index is 12.6. The molecule has 0 aliphatic heterocycles. The van der Waals surface area contributed by atoms with Crippen LogP contribution in [0.25, 0.3) is 0 Å². The quantitative estimate of drug-likeness (QED) is 0.860. The molecule has 2 N–H and O–H groups in total. The number of anilines is 2. The maximum Gasteiger partial charge on any atom is 0.451 e. The van der Waals surface area contributed by atoms with E-state index in [0.717, 1.165) is 0 Å². The number of nitrogens with zero attached hydrogens (tertiary/aromatic N) is 3. The summed E-state index contributed by atoms with van der Waals surface area (Å²) >= 11 is 0. The van der Waals surface area contributed by atoms with E-state index in [9.17, 15) is 18.0 Å². The van der Waals surface area contributed by atoms with Crippen LogP contribution in [-0.2, 0) is 11.0 Å². The minimum Gasteiger partial charge on any atom is -0.373 e. The van der Waals surface area contributed by atoms with Crippen LogP contribution in [0.15, 0.2) is 6.07 Å². The molecule has 1 heterocycles. The van der Waals surface area contributed by atoms with E-state index in [2.05, 4.69) is 20.6 Å². The Labute approximate surface area is 108 Å². The maximum absolute atomic E-state index is 12.6. The van der Waals surface area contributed by atoms with Crippen molar-refractivity contribution >= 4 is 17.5 Å². The number of aromatic nitrogens is 2. The van der Waals surface area contributed by atoms with Gasteiger partial charge in [-0.2, -0.15) is 13.2 Å². The van der Waals surface area contributed by atoms with Crippen molar-refractivity contribution in [1.29, 1.82) is 0 Å². The molecular weight excluding hydrogens is 263 g/mol. The molecule has 0 bridgehead atoms. The molecule has 19 heavy (non-hydrogen) atoms. The van der Waals surface area contributed by atoms with Crippen molar-refractivity contribution in [2.45, 2.75) is 6.18 Å². The first-order chi connectivity index (χ1) is 8.74. The van der Waals surface area contributed by atoms with Crippen LogP contribution in [-0.4, -0.2) is 48.5 Å². The van der Waals surface area contributed by atoms with Crippen LogP contribution in [0.5, 0.6) is 0 Å². The molecule has 6 nitrogen and oxygen atoms in total. The lowest BCUT2D eigenvalue weighted by atomic mass is 10.4. The van der Waals surface area contributed by atoms with Crippen LogP contribution in [0.2, 0.25) is 0 Å². The molecule has 0 unspecified atom stereocenters. The van der Waals surface area contributed by atoms with Gasteiger partial charge in [-0.05, 0) is 0 Å². The van der Waals surface area contributed by atoms with E-state index in [4.69, 9.17) is 0 Å². The van der Waals surface area contributed by atoms with Crippen molar-refractivity contribution in [3.8, 4) is 0 Å². The summed E-state index contributed by atoms with van der Waals surface area (Å²) in [6, 6.07) is 1.29. The largest absolute Gasteiger partial charge is 0.451 e. The van der Waals surface area contributed by atoms with Gasteiger partial charge in [-0.15, -0.1) is 0 Å². The van der Waals surface area contributed by atoms with Crippen molar-refractivity contribution in [3.05, 3.63) is 11.9 Å². The van der Waals surface area contributed by atoms with Gasteiger partial charge in [0.25, 0.3) is 0 Å². The summed E-state index contributed by atoms with van der Waals surface area (Å²) in [5, 5.41) is 5.03. The number of rotatable bonds is 4. The van der Waals surface area contributed by atoms with Crippen molar-refractivity contribution in [2.24, 2.45) is 0 Å². The summed E-state index contributed by atoms with van der Waals surface area (Å²) in [6.45, 7) is -0.148. The Morgan fingerprint density at radius 2 is 1.89 bits per heavy atom. The molecule has 1 aromatic heterocycles. The fourth-order valence-corrected chi connectivity index (χ4v) is 1.12. The molecule has 0 fully saturated rings. The monoisotopic (exact) mass is 277 g/mol. The Hall–Kier alpha value is -2.06. The third kappa shape index (κ3) is 4.27. The third-order valence-corrected chi connectivity index (χ3v) is 2.16. The second-order valence-corrected chi connectivity index (χ2v) is 3.85. The smallest absolute Gasteiger partial charge is 0.373 e. The molecule has 0 aliphatic carbocycles. The lowest BCUT2D eigenvalue weighted by Gasteiger charge is -2.13. The van der Waals surface area contributed by atoms with E-state index in [1.807, 2.05) is 0 Å². The van der Waals surface area contributed by atoms with Crippen molar-refractivity contribution in [2.75, 3.05) is 38.3 Å². The molecule has 9 heteroatoms. The third-order valence-electron chi connectivity index (χ3n) is 2.16. The number of carbonyl (C=O) groups is 1. The number of nitrogens with one attached hydrogen (secondary N) is 2. The van der Waals surface area contributed by atoms with Crippen LogP contribution in [0.1, 0.15) is 5.82 Å². The molecule has 0 atom stereocenters. The van der Waals surface area contributed by atoms with Crippen LogP contribution in [0.4, 0.5) is 24.8 Å². The van der Waals surface area contributed by atoms with Gasteiger partial charge < -0.3 is 15.5 Å². The Bertz CT molecular complexity index is 461. The fraction of sp³-hybridized carbons (Fsp3) is 0.500. The second-order valence-electron chi connectivity index (χ2n) is 3.85. The number of hydrogen-bond donors (Lipinski definition) is 2. The van der Waals surface area contributed by atoms with E-state index in [-0.39, 0.29) is 24.1 Å². The summed E-state index contributed by atoms with van der Waals surface area (Å²) in [5.41, 5.74) is 0. The normalized spacial score (nSPS) is 11.1. The minimum absolute atomic E-state index is 0.0159. The highest BCUT2D eigenvalue weighted by molar-refractivity contribution is 5.80. The van der Waals surface area contributed by atoms with Gasteiger partial charge >= 0.3 is 6.18 Å². The minimum atomic E-state index is -4.64. The SMILES string of the molecule is CNc1cc(NCC(=O)N(C)C)nc(C(F)(F)F)n1. The van der Waals surface area contributed by atoms with Gasteiger partial charge in [-0.3, -0.25) is 4.79 Å². The van der Waals surface area contributed by atoms with Gasteiger partial charge in [0.05, 0.1) is 6.54 Å². The molecule has 0 saturated carbocycles. The van der Waals surface area contributed by atoms with Gasteiger partial charge in [-0.25, -0.2) is 9.97 Å². The highest BCUT2D eigenvalue weighted by Crippen LogP contribution is 2.28. The summed E-state index contributed by atoms with van der Waals surface area (Å²) in [6.07, 6.45) is -4.64. The molecule has 106 valence electrons. The average Bonchev–Trinajstić information content (AvgIpc) is 2.34. The van der Waals surface area contributed by atoms with Crippen molar-refractivity contribution in [1.82, 2.24) is 14.9 Å². The van der Waals surface area contributed by atoms with Crippen molar-refractivity contribution < 1.29 is 18.0 Å². The molecule has 1 rings (SSSR count). The lowest BCUT2D eigenvalue weighted by molar-refractivity contribution is -0.144. The first kappa shape index (κ1) is 15.0. The second kappa shape index (κ2) is 5.72. The zero-order valence-corrected chi connectivity index (χ0v) is 10.7. The molecule has 0 saturated heterocycles. The highest BCUT2D eigenvalue weighted by Gasteiger charge is 2.35. The first-order valence-electron chi connectivity index (χ1n) is 5.32. The lowest BCUT2D eigenvalue weighted by Crippen LogP contribution is -2.29. The fourth-order valence-electron chi connectivity index (χ4n) is 1.12. The predicted molar refractivity (Wildman–Crippen MR) is 63.8 cm³/mol. The molecule has 1 amide bonds. The Morgan fingerprint density at radius 3 is 2.37 bits per heavy atom. The van der Waals surface area contributed by atoms with Gasteiger partial charge in [0.15, 0.2) is 0 Å². The van der Waals surface area contributed by atoms with E-state index in [1.165, 1.54) is 18.0 Å². The molecule has 0 spiro atoms. The van der Waals surface area contributed by atoms with Gasteiger partial charge in [0.2, 0.25) is 11.7 Å². The number of hydrogen-bond acceptors (Lipinski definition) is 5. The van der Waals surface area contributed by atoms with Crippen LogP contribution >= 0.6 is 0 Å². The van der Waals surface area contributed by atoms with Crippen LogP contribution in [0.3, 0.4) is 0 Å². The van der Waals surface area contributed by atoms with Crippen LogP contribution in [0, 0.1) is 0 Å².